The summed E-state index contributed by atoms with van der Waals surface area (Å²) in [5.74, 6) is -0.171. The molecule has 0 aliphatic carbocycles. The Kier molecular flexibility index (Phi) is 3.83. The van der Waals surface area contributed by atoms with Gasteiger partial charge in [0.15, 0.2) is 11.6 Å². The van der Waals surface area contributed by atoms with Crippen molar-refractivity contribution in [3.8, 4) is 0 Å². The zero-order valence-electron chi connectivity index (χ0n) is 12.2. The highest BCUT2D eigenvalue weighted by Crippen LogP contribution is 2.16. The second-order valence-electron chi connectivity index (χ2n) is 4.75. The molecule has 6 nitrogen and oxygen atoms in total. The van der Waals surface area contributed by atoms with Gasteiger partial charge in [-0.3, -0.25) is 14.3 Å². The quantitative estimate of drug-likeness (QED) is 0.614. The summed E-state index contributed by atoms with van der Waals surface area (Å²) in [6.07, 6.45) is 3.05. The molecule has 0 aliphatic heterocycles. The second-order valence-corrected chi connectivity index (χ2v) is 4.75. The first kappa shape index (κ1) is 14.2. The molecule has 0 bridgehead atoms. The van der Waals surface area contributed by atoms with Crippen LogP contribution in [0.2, 0.25) is 0 Å². The van der Waals surface area contributed by atoms with Crippen LogP contribution in [0.5, 0.6) is 0 Å². The highest BCUT2D eigenvalue weighted by atomic mass is 16.1. The third kappa shape index (κ3) is 2.41. The molecule has 0 amide bonds. The number of carbonyl (C=O) groups excluding carboxylic acids is 2. The van der Waals surface area contributed by atoms with Gasteiger partial charge in [-0.15, -0.1) is 0 Å². The lowest BCUT2D eigenvalue weighted by Gasteiger charge is -2.03. The number of aryl methyl sites for hydroxylation is 3. The summed E-state index contributed by atoms with van der Waals surface area (Å²) in [7, 11) is 1.73. The Morgan fingerprint density at radius 2 is 1.95 bits per heavy atom. The van der Waals surface area contributed by atoms with Gasteiger partial charge in [0.2, 0.25) is 5.78 Å². The molecule has 0 saturated carbocycles. The maximum atomic E-state index is 12.3. The van der Waals surface area contributed by atoms with Crippen LogP contribution in [-0.4, -0.2) is 30.9 Å². The maximum absolute atomic E-state index is 12.3. The van der Waals surface area contributed by atoms with Crippen molar-refractivity contribution in [3.05, 3.63) is 35.2 Å². The predicted octanol–water partition coefficient (Wildman–Crippen LogP) is 1.71. The van der Waals surface area contributed by atoms with Gasteiger partial charge in [0.05, 0.1) is 17.7 Å². The van der Waals surface area contributed by atoms with E-state index in [1.165, 1.54) is 0 Å². The van der Waals surface area contributed by atoms with Gasteiger partial charge >= 0.3 is 0 Å². The van der Waals surface area contributed by atoms with Crippen molar-refractivity contribution in [1.29, 1.82) is 0 Å². The SMILES string of the molecule is CCn1nc(C)c(C(=O)CC(=O)c2nccn2C)c1C. The van der Waals surface area contributed by atoms with Crippen molar-refractivity contribution >= 4 is 11.6 Å². The number of aromatic nitrogens is 4. The Labute approximate surface area is 117 Å². The van der Waals surface area contributed by atoms with E-state index in [0.717, 1.165) is 5.69 Å². The van der Waals surface area contributed by atoms with E-state index < -0.39 is 0 Å². The van der Waals surface area contributed by atoms with E-state index in [1.807, 2.05) is 13.8 Å². The van der Waals surface area contributed by atoms with Gasteiger partial charge in [0, 0.05) is 31.7 Å². The summed E-state index contributed by atoms with van der Waals surface area (Å²) in [6.45, 7) is 6.31. The number of hydrogen-bond acceptors (Lipinski definition) is 4. The van der Waals surface area contributed by atoms with Crippen molar-refractivity contribution < 1.29 is 9.59 Å². The van der Waals surface area contributed by atoms with Crippen LogP contribution in [0.15, 0.2) is 12.4 Å². The van der Waals surface area contributed by atoms with E-state index in [2.05, 4.69) is 10.1 Å². The minimum Gasteiger partial charge on any atom is -0.332 e. The topological polar surface area (TPSA) is 69.8 Å². The first-order valence-electron chi connectivity index (χ1n) is 6.53. The largest absolute Gasteiger partial charge is 0.332 e. The molecule has 0 unspecified atom stereocenters. The Hall–Kier alpha value is -2.24. The van der Waals surface area contributed by atoms with E-state index in [4.69, 9.17) is 0 Å². The molecule has 2 aromatic rings. The van der Waals surface area contributed by atoms with Crippen molar-refractivity contribution in [2.75, 3.05) is 0 Å². The summed E-state index contributed by atoms with van der Waals surface area (Å²) < 4.78 is 3.39. The van der Waals surface area contributed by atoms with Crippen LogP contribution in [0, 0.1) is 13.8 Å². The molecule has 0 aliphatic rings. The number of nitrogens with zero attached hydrogens (tertiary/aromatic N) is 4. The minimum absolute atomic E-state index is 0.179. The van der Waals surface area contributed by atoms with E-state index in [-0.39, 0.29) is 18.0 Å². The average Bonchev–Trinajstić information content (AvgIpc) is 2.93. The minimum atomic E-state index is -0.273. The normalized spacial score (nSPS) is 10.8. The van der Waals surface area contributed by atoms with Crippen molar-refractivity contribution in [2.24, 2.45) is 7.05 Å². The molecular formula is C14H18N4O2. The first-order chi connectivity index (χ1) is 9.45. The fourth-order valence-electron chi connectivity index (χ4n) is 2.36. The van der Waals surface area contributed by atoms with Gasteiger partial charge in [0.25, 0.3) is 0 Å². The van der Waals surface area contributed by atoms with Crippen LogP contribution >= 0.6 is 0 Å². The predicted molar refractivity (Wildman–Crippen MR) is 73.9 cm³/mol. The van der Waals surface area contributed by atoms with E-state index in [9.17, 15) is 9.59 Å². The Balaban J connectivity index is 2.23. The van der Waals surface area contributed by atoms with Crippen LogP contribution in [-0.2, 0) is 13.6 Å². The number of Topliss-reactive ketones (excluding diaryl/α,β-unsaturated/α-hetero) is 2. The first-order valence-corrected chi connectivity index (χ1v) is 6.53. The Morgan fingerprint density at radius 1 is 1.25 bits per heavy atom. The lowest BCUT2D eigenvalue weighted by Crippen LogP contribution is -2.14. The summed E-state index contributed by atoms with van der Waals surface area (Å²) in [5, 5.41) is 4.30. The van der Waals surface area contributed by atoms with Crippen LogP contribution in [0.3, 0.4) is 0 Å². The number of ketones is 2. The molecular weight excluding hydrogens is 256 g/mol. The molecule has 0 N–H and O–H groups in total. The second kappa shape index (κ2) is 5.40. The van der Waals surface area contributed by atoms with Gasteiger partial charge in [-0.1, -0.05) is 0 Å². The number of rotatable bonds is 5. The molecule has 0 saturated heterocycles. The van der Waals surface area contributed by atoms with Gasteiger partial charge in [-0.25, -0.2) is 4.98 Å². The fourth-order valence-corrected chi connectivity index (χ4v) is 2.36. The molecule has 0 spiro atoms. The number of imidazole rings is 1. The van der Waals surface area contributed by atoms with Crippen molar-refractivity contribution in [2.45, 2.75) is 33.7 Å². The van der Waals surface area contributed by atoms with Crippen molar-refractivity contribution in [3.63, 3.8) is 0 Å². The molecule has 0 fully saturated rings. The summed E-state index contributed by atoms with van der Waals surface area (Å²) in [6, 6.07) is 0. The lowest BCUT2D eigenvalue weighted by molar-refractivity contribution is 0.0886. The van der Waals surface area contributed by atoms with Gasteiger partial charge in [-0.2, -0.15) is 5.10 Å². The van der Waals surface area contributed by atoms with Gasteiger partial charge < -0.3 is 4.57 Å². The smallest absolute Gasteiger partial charge is 0.205 e. The van der Waals surface area contributed by atoms with Crippen LogP contribution < -0.4 is 0 Å². The van der Waals surface area contributed by atoms with Gasteiger partial charge in [0.1, 0.15) is 0 Å². The Morgan fingerprint density at radius 3 is 2.45 bits per heavy atom. The highest BCUT2D eigenvalue weighted by Gasteiger charge is 2.22. The third-order valence-corrected chi connectivity index (χ3v) is 3.35. The van der Waals surface area contributed by atoms with E-state index in [0.29, 0.717) is 23.6 Å². The zero-order chi connectivity index (χ0) is 14.9. The summed E-state index contributed by atoms with van der Waals surface area (Å²) >= 11 is 0. The summed E-state index contributed by atoms with van der Waals surface area (Å²) in [5.41, 5.74) is 2.03. The molecule has 2 aromatic heterocycles. The van der Waals surface area contributed by atoms with Crippen LogP contribution in [0.25, 0.3) is 0 Å². The van der Waals surface area contributed by atoms with Gasteiger partial charge in [-0.05, 0) is 20.8 Å². The Bertz CT molecular complexity index is 667. The van der Waals surface area contributed by atoms with E-state index in [1.54, 1.807) is 35.6 Å². The zero-order valence-corrected chi connectivity index (χ0v) is 12.2. The monoisotopic (exact) mass is 274 g/mol. The van der Waals surface area contributed by atoms with Crippen molar-refractivity contribution in [1.82, 2.24) is 19.3 Å². The average molecular weight is 274 g/mol. The summed E-state index contributed by atoms with van der Waals surface area (Å²) in [4.78, 5) is 28.4. The fraction of sp³-hybridized carbons (Fsp3) is 0.429. The molecule has 2 heterocycles. The standard InChI is InChI=1S/C14H18N4O2/c1-5-18-10(3)13(9(2)16-18)11(19)8-12(20)14-15-6-7-17(14)4/h6-7H,5,8H2,1-4H3. The highest BCUT2D eigenvalue weighted by molar-refractivity contribution is 6.13. The van der Waals surface area contributed by atoms with E-state index >= 15 is 0 Å². The molecule has 0 aromatic carbocycles. The molecule has 6 heteroatoms. The molecule has 106 valence electrons. The van der Waals surface area contributed by atoms with Crippen LogP contribution in [0.4, 0.5) is 0 Å². The lowest BCUT2D eigenvalue weighted by atomic mass is 10.0. The molecule has 2 rings (SSSR count). The third-order valence-electron chi connectivity index (χ3n) is 3.35. The maximum Gasteiger partial charge on any atom is 0.205 e. The number of hydrogen-bond donors (Lipinski definition) is 0. The van der Waals surface area contributed by atoms with Crippen LogP contribution in [0.1, 0.15) is 45.7 Å². The molecule has 20 heavy (non-hydrogen) atoms. The molecule has 0 radical (unpaired) electrons. The number of carbonyl (C=O) groups is 2. The molecule has 0 atom stereocenters.